The van der Waals surface area contributed by atoms with E-state index in [0.29, 0.717) is 18.8 Å². The molecule has 2 fully saturated rings. The van der Waals surface area contributed by atoms with Gasteiger partial charge < -0.3 is 20.4 Å². The number of urea groups is 1. The van der Waals surface area contributed by atoms with Crippen LogP contribution >= 0.6 is 0 Å². The summed E-state index contributed by atoms with van der Waals surface area (Å²) < 4.78 is 39.7. The lowest BCUT2D eigenvalue weighted by Gasteiger charge is -2.25. The van der Waals surface area contributed by atoms with Gasteiger partial charge >= 0.3 is 12.2 Å². The fraction of sp³-hybridized carbons (Fsp3) is 0.409. The number of amides is 2. The number of halogens is 3. The van der Waals surface area contributed by atoms with Crippen molar-refractivity contribution in [2.75, 3.05) is 41.7 Å². The molecule has 0 radical (unpaired) electrons. The predicted octanol–water partition coefficient (Wildman–Crippen LogP) is 5.02. The first-order valence-corrected chi connectivity index (χ1v) is 10.2. The minimum absolute atomic E-state index is 0.109. The standard InChI is InChI=1S/C22H25F3N4O/c23-22(24,25)16-8-9-20(28-11-4-5-12-28)19(14-16)27-21(30)29-13-10-18(15-29)26-17-6-2-1-3-7-17/h1-3,6-9,14,18,26H,4-5,10-13,15H2,(H,27,30). The first-order valence-electron chi connectivity index (χ1n) is 10.2. The number of carbonyl (C=O) groups is 1. The van der Waals surface area contributed by atoms with E-state index in [1.807, 2.05) is 35.2 Å². The second-order valence-electron chi connectivity index (χ2n) is 7.80. The molecular formula is C22H25F3N4O. The maximum Gasteiger partial charge on any atom is 0.416 e. The highest BCUT2D eigenvalue weighted by Crippen LogP contribution is 2.36. The number of likely N-dealkylation sites (tertiary alicyclic amines) is 1. The Morgan fingerprint density at radius 3 is 2.43 bits per heavy atom. The topological polar surface area (TPSA) is 47.6 Å². The summed E-state index contributed by atoms with van der Waals surface area (Å²) in [6.45, 7) is 2.61. The predicted molar refractivity (Wildman–Crippen MR) is 112 cm³/mol. The van der Waals surface area contributed by atoms with Crippen molar-refractivity contribution in [2.45, 2.75) is 31.5 Å². The molecule has 0 saturated carbocycles. The van der Waals surface area contributed by atoms with E-state index in [2.05, 4.69) is 10.6 Å². The average Bonchev–Trinajstić information content (AvgIpc) is 3.40. The van der Waals surface area contributed by atoms with E-state index in [9.17, 15) is 18.0 Å². The Hall–Kier alpha value is -2.90. The van der Waals surface area contributed by atoms with Gasteiger partial charge in [0.1, 0.15) is 0 Å². The molecule has 2 N–H and O–H groups in total. The summed E-state index contributed by atoms with van der Waals surface area (Å²) in [5, 5.41) is 6.14. The monoisotopic (exact) mass is 418 g/mol. The molecule has 8 heteroatoms. The molecule has 2 amide bonds. The van der Waals surface area contributed by atoms with Crippen LogP contribution in [0.25, 0.3) is 0 Å². The molecule has 2 aliphatic heterocycles. The van der Waals surface area contributed by atoms with E-state index in [1.165, 1.54) is 6.07 Å². The van der Waals surface area contributed by atoms with Crippen LogP contribution in [0, 0.1) is 0 Å². The van der Waals surface area contributed by atoms with Gasteiger partial charge in [-0.05, 0) is 49.6 Å². The summed E-state index contributed by atoms with van der Waals surface area (Å²) >= 11 is 0. The van der Waals surface area contributed by atoms with E-state index < -0.39 is 11.7 Å². The zero-order valence-corrected chi connectivity index (χ0v) is 16.6. The molecule has 160 valence electrons. The second-order valence-corrected chi connectivity index (χ2v) is 7.80. The summed E-state index contributed by atoms with van der Waals surface area (Å²) in [5.41, 5.74) is 1.09. The number of carbonyl (C=O) groups excluding carboxylic acids is 1. The largest absolute Gasteiger partial charge is 0.416 e. The highest BCUT2D eigenvalue weighted by atomic mass is 19.4. The van der Waals surface area contributed by atoms with Crippen LogP contribution in [0.5, 0.6) is 0 Å². The number of para-hydroxylation sites is 1. The Balaban J connectivity index is 1.46. The van der Waals surface area contributed by atoms with Crippen LogP contribution in [0.15, 0.2) is 48.5 Å². The van der Waals surface area contributed by atoms with Crippen LogP contribution in [-0.4, -0.2) is 43.2 Å². The van der Waals surface area contributed by atoms with E-state index >= 15 is 0 Å². The molecule has 2 aliphatic rings. The smallest absolute Gasteiger partial charge is 0.380 e. The van der Waals surface area contributed by atoms with Crippen LogP contribution in [0.2, 0.25) is 0 Å². The Labute approximate surface area is 173 Å². The molecule has 5 nitrogen and oxygen atoms in total. The van der Waals surface area contributed by atoms with Crippen molar-refractivity contribution in [2.24, 2.45) is 0 Å². The third kappa shape index (κ3) is 4.63. The van der Waals surface area contributed by atoms with Gasteiger partial charge in [0.05, 0.1) is 16.9 Å². The van der Waals surface area contributed by atoms with Crippen LogP contribution in [0.1, 0.15) is 24.8 Å². The van der Waals surface area contributed by atoms with Crippen molar-refractivity contribution in [3.8, 4) is 0 Å². The van der Waals surface area contributed by atoms with Crippen LogP contribution in [0.3, 0.4) is 0 Å². The number of hydrogen-bond acceptors (Lipinski definition) is 3. The highest BCUT2D eigenvalue weighted by Gasteiger charge is 2.33. The molecule has 1 atom stereocenters. The van der Waals surface area contributed by atoms with Gasteiger partial charge in [-0.3, -0.25) is 0 Å². The molecule has 2 aromatic carbocycles. The zero-order chi connectivity index (χ0) is 21.1. The fourth-order valence-electron chi connectivity index (χ4n) is 4.07. The molecule has 2 heterocycles. The SMILES string of the molecule is O=C(Nc1cc(C(F)(F)F)ccc1N1CCCC1)N1CCC(Nc2ccccc2)C1. The zero-order valence-electron chi connectivity index (χ0n) is 16.6. The van der Waals surface area contributed by atoms with E-state index in [0.717, 1.165) is 50.2 Å². The van der Waals surface area contributed by atoms with Gasteiger partial charge in [-0.1, -0.05) is 18.2 Å². The molecule has 0 aromatic heterocycles. The molecule has 2 saturated heterocycles. The number of alkyl halides is 3. The van der Waals surface area contributed by atoms with Gasteiger partial charge in [0.25, 0.3) is 0 Å². The first kappa shape index (κ1) is 20.4. The van der Waals surface area contributed by atoms with Gasteiger partial charge in [-0.2, -0.15) is 13.2 Å². The minimum Gasteiger partial charge on any atom is -0.380 e. The van der Waals surface area contributed by atoms with Crippen molar-refractivity contribution in [3.05, 3.63) is 54.1 Å². The number of anilines is 3. The highest BCUT2D eigenvalue weighted by molar-refractivity contribution is 5.93. The van der Waals surface area contributed by atoms with E-state index in [-0.39, 0.29) is 17.8 Å². The van der Waals surface area contributed by atoms with E-state index in [1.54, 1.807) is 4.90 Å². The molecule has 4 rings (SSSR count). The molecule has 0 aliphatic carbocycles. The normalized spacial score (nSPS) is 19.2. The summed E-state index contributed by atoms with van der Waals surface area (Å²) in [6, 6.07) is 13.1. The molecule has 1 unspecified atom stereocenters. The lowest BCUT2D eigenvalue weighted by atomic mass is 10.1. The third-order valence-electron chi connectivity index (χ3n) is 5.63. The average molecular weight is 418 g/mol. The maximum absolute atomic E-state index is 13.2. The molecular weight excluding hydrogens is 393 g/mol. The Morgan fingerprint density at radius 1 is 1.00 bits per heavy atom. The van der Waals surface area contributed by atoms with Gasteiger partial charge in [-0.15, -0.1) is 0 Å². The first-order chi connectivity index (χ1) is 14.4. The molecule has 30 heavy (non-hydrogen) atoms. The molecule has 0 bridgehead atoms. The summed E-state index contributed by atoms with van der Waals surface area (Å²) in [7, 11) is 0. The van der Waals surface area contributed by atoms with Gasteiger partial charge in [0.15, 0.2) is 0 Å². The lowest BCUT2D eigenvalue weighted by Crippen LogP contribution is -2.35. The van der Waals surface area contributed by atoms with Crippen molar-refractivity contribution in [1.29, 1.82) is 0 Å². The van der Waals surface area contributed by atoms with Crippen LogP contribution in [-0.2, 0) is 6.18 Å². The molecule has 2 aromatic rings. The Bertz CT molecular complexity index is 882. The van der Waals surface area contributed by atoms with Gasteiger partial charge in [0, 0.05) is 37.9 Å². The van der Waals surface area contributed by atoms with Crippen LogP contribution < -0.4 is 15.5 Å². The van der Waals surface area contributed by atoms with Crippen LogP contribution in [0.4, 0.5) is 35.0 Å². The van der Waals surface area contributed by atoms with Crippen molar-refractivity contribution < 1.29 is 18.0 Å². The Kier molecular flexibility index (Phi) is 5.74. The van der Waals surface area contributed by atoms with Gasteiger partial charge in [-0.25, -0.2) is 4.79 Å². The number of benzene rings is 2. The lowest BCUT2D eigenvalue weighted by molar-refractivity contribution is -0.137. The number of hydrogen-bond donors (Lipinski definition) is 2. The van der Waals surface area contributed by atoms with Crippen molar-refractivity contribution in [3.63, 3.8) is 0 Å². The fourth-order valence-corrected chi connectivity index (χ4v) is 4.07. The second kappa shape index (κ2) is 8.45. The van der Waals surface area contributed by atoms with Gasteiger partial charge in [0.2, 0.25) is 0 Å². The van der Waals surface area contributed by atoms with Crippen molar-refractivity contribution in [1.82, 2.24) is 4.90 Å². The maximum atomic E-state index is 13.2. The summed E-state index contributed by atoms with van der Waals surface area (Å²) in [4.78, 5) is 16.5. The minimum atomic E-state index is -4.46. The summed E-state index contributed by atoms with van der Waals surface area (Å²) in [6.07, 6.45) is -1.69. The number of rotatable bonds is 4. The number of nitrogens with one attached hydrogen (secondary N) is 2. The third-order valence-corrected chi connectivity index (χ3v) is 5.63. The Morgan fingerprint density at radius 2 is 1.73 bits per heavy atom. The molecule has 0 spiro atoms. The van der Waals surface area contributed by atoms with E-state index in [4.69, 9.17) is 0 Å². The van der Waals surface area contributed by atoms with Crippen molar-refractivity contribution >= 4 is 23.1 Å². The summed E-state index contributed by atoms with van der Waals surface area (Å²) in [5.74, 6) is 0. The quantitative estimate of drug-likeness (QED) is 0.733. The number of nitrogens with zero attached hydrogens (tertiary/aromatic N) is 2.